The van der Waals surface area contributed by atoms with E-state index in [0.717, 1.165) is 0 Å². The highest BCUT2D eigenvalue weighted by Gasteiger charge is 2.27. The maximum atomic E-state index is 13.7. The van der Waals surface area contributed by atoms with Crippen LogP contribution in [0.3, 0.4) is 0 Å². The van der Waals surface area contributed by atoms with Gasteiger partial charge in [0.05, 0.1) is 19.1 Å². The normalized spacial score (nSPS) is 19.7. The molecule has 1 fully saturated rings. The molecule has 1 N–H and O–H groups in total. The van der Waals surface area contributed by atoms with Crippen molar-refractivity contribution in [2.24, 2.45) is 0 Å². The molecule has 22 heavy (non-hydrogen) atoms. The molecule has 120 valence electrons. The van der Waals surface area contributed by atoms with Crippen LogP contribution in [0.1, 0.15) is 31.2 Å². The van der Waals surface area contributed by atoms with E-state index in [9.17, 15) is 14.0 Å². The van der Waals surface area contributed by atoms with Gasteiger partial charge in [-0.3, -0.25) is 9.59 Å². The third-order valence-corrected chi connectivity index (χ3v) is 3.81. The highest BCUT2D eigenvalue weighted by molar-refractivity contribution is 5.77. The van der Waals surface area contributed by atoms with Crippen molar-refractivity contribution in [1.82, 2.24) is 4.90 Å². The van der Waals surface area contributed by atoms with E-state index in [-0.39, 0.29) is 37.0 Å². The molecule has 1 aliphatic rings. The first kappa shape index (κ1) is 16.4. The second-order valence-corrected chi connectivity index (χ2v) is 5.56. The molecular formula is C16H20FNO4. The molecule has 0 saturated carbocycles. The predicted molar refractivity (Wildman–Crippen MR) is 78.0 cm³/mol. The van der Waals surface area contributed by atoms with E-state index in [1.165, 1.54) is 6.07 Å². The van der Waals surface area contributed by atoms with Crippen LogP contribution in [-0.4, -0.2) is 47.7 Å². The van der Waals surface area contributed by atoms with E-state index in [2.05, 4.69) is 0 Å². The van der Waals surface area contributed by atoms with Crippen LogP contribution in [0.15, 0.2) is 24.3 Å². The highest BCUT2D eigenvalue weighted by Crippen LogP contribution is 2.23. The highest BCUT2D eigenvalue weighted by atomic mass is 19.1. The SMILES string of the molecule is CC(CC(=O)N1CCOC(CC(=O)O)C1)c1ccccc1F. The molecule has 0 aromatic heterocycles. The van der Waals surface area contributed by atoms with Crippen molar-refractivity contribution < 1.29 is 23.8 Å². The first-order chi connectivity index (χ1) is 10.5. The van der Waals surface area contributed by atoms with Crippen molar-refractivity contribution in [3.05, 3.63) is 35.6 Å². The fourth-order valence-corrected chi connectivity index (χ4v) is 2.64. The van der Waals surface area contributed by atoms with Crippen LogP contribution in [0.4, 0.5) is 4.39 Å². The van der Waals surface area contributed by atoms with Gasteiger partial charge >= 0.3 is 5.97 Å². The Labute approximate surface area is 128 Å². The number of morpholine rings is 1. The van der Waals surface area contributed by atoms with Crippen LogP contribution >= 0.6 is 0 Å². The number of nitrogens with zero attached hydrogens (tertiary/aromatic N) is 1. The number of aliphatic carboxylic acids is 1. The molecule has 1 saturated heterocycles. The van der Waals surface area contributed by atoms with Gasteiger partial charge in [-0.2, -0.15) is 0 Å². The number of amides is 1. The summed E-state index contributed by atoms with van der Waals surface area (Å²) in [5.41, 5.74) is 0.520. The van der Waals surface area contributed by atoms with Crippen LogP contribution in [0, 0.1) is 5.82 Å². The summed E-state index contributed by atoms with van der Waals surface area (Å²) in [5.74, 6) is -1.59. The van der Waals surface area contributed by atoms with E-state index >= 15 is 0 Å². The Morgan fingerprint density at radius 2 is 2.18 bits per heavy atom. The molecule has 0 bridgehead atoms. The molecule has 2 unspecified atom stereocenters. The zero-order valence-corrected chi connectivity index (χ0v) is 12.5. The average molecular weight is 309 g/mol. The van der Waals surface area contributed by atoms with Gasteiger partial charge in [0.2, 0.25) is 5.91 Å². The Morgan fingerprint density at radius 1 is 1.45 bits per heavy atom. The quantitative estimate of drug-likeness (QED) is 0.903. The van der Waals surface area contributed by atoms with Crippen LogP contribution in [0.25, 0.3) is 0 Å². The standard InChI is InChI=1S/C16H20FNO4/c1-11(13-4-2-3-5-14(13)17)8-15(19)18-6-7-22-12(10-18)9-16(20)21/h2-5,11-12H,6-10H2,1H3,(H,20,21). The molecule has 1 amide bonds. The van der Waals surface area contributed by atoms with Crippen LogP contribution < -0.4 is 0 Å². The van der Waals surface area contributed by atoms with Crippen molar-refractivity contribution >= 4 is 11.9 Å². The first-order valence-electron chi connectivity index (χ1n) is 7.33. The third kappa shape index (κ3) is 4.27. The number of halogens is 1. The molecule has 1 aliphatic heterocycles. The number of carboxylic acid groups (broad SMARTS) is 1. The number of hydrogen-bond acceptors (Lipinski definition) is 3. The number of carboxylic acids is 1. The minimum atomic E-state index is -0.945. The Morgan fingerprint density at radius 3 is 2.86 bits per heavy atom. The minimum Gasteiger partial charge on any atom is -0.481 e. The molecule has 2 rings (SSSR count). The van der Waals surface area contributed by atoms with Crippen LogP contribution in [0.5, 0.6) is 0 Å². The first-order valence-corrected chi connectivity index (χ1v) is 7.33. The topological polar surface area (TPSA) is 66.8 Å². The van der Waals surface area contributed by atoms with Crippen molar-refractivity contribution in [3.63, 3.8) is 0 Å². The minimum absolute atomic E-state index is 0.102. The van der Waals surface area contributed by atoms with Gasteiger partial charge in [-0.1, -0.05) is 25.1 Å². The van der Waals surface area contributed by atoms with Gasteiger partial charge in [0, 0.05) is 19.5 Å². The third-order valence-electron chi connectivity index (χ3n) is 3.81. The number of hydrogen-bond donors (Lipinski definition) is 1. The predicted octanol–water partition coefficient (Wildman–Crippen LogP) is 2.02. The lowest BCUT2D eigenvalue weighted by Crippen LogP contribution is -2.46. The largest absolute Gasteiger partial charge is 0.481 e. The zero-order chi connectivity index (χ0) is 16.1. The second-order valence-electron chi connectivity index (χ2n) is 5.56. The molecule has 0 spiro atoms. The van der Waals surface area contributed by atoms with Gasteiger partial charge in [0.25, 0.3) is 0 Å². The lowest BCUT2D eigenvalue weighted by atomic mass is 9.96. The molecule has 1 aromatic carbocycles. The molecule has 5 nitrogen and oxygen atoms in total. The summed E-state index contributed by atoms with van der Waals surface area (Å²) in [6.45, 7) is 2.86. The van der Waals surface area contributed by atoms with Crippen molar-refractivity contribution in [3.8, 4) is 0 Å². The fourth-order valence-electron chi connectivity index (χ4n) is 2.64. The van der Waals surface area contributed by atoms with Gasteiger partial charge in [-0.25, -0.2) is 4.39 Å². The monoisotopic (exact) mass is 309 g/mol. The summed E-state index contributed by atoms with van der Waals surface area (Å²) in [5, 5.41) is 8.79. The van der Waals surface area contributed by atoms with E-state index in [1.54, 1.807) is 23.1 Å². The number of rotatable bonds is 5. The Hall–Kier alpha value is -1.95. The lowest BCUT2D eigenvalue weighted by molar-refractivity contribution is -0.147. The average Bonchev–Trinajstić information content (AvgIpc) is 2.47. The van der Waals surface area contributed by atoms with Gasteiger partial charge in [0.15, 0.2) is 0 Å². The smallest absolute Gasteiger partial charge is 0.306 e. The van der Waals surface area contributed by atoms with E-state index in [4.69, 9.17) is 9.84 Å². The van der Waals surface area contributed by atoms with Gasteiger partial charge in [0.1, 0.15) is 5.82 Å². The summed E-state index contributed by atoms with van der Waals surface area (Å²) < 4.78 is 19.1. The Bertz CT molecular complexity index is 549. The summed E-state index contributed by atoms with van der Waals surface area (Å²) in [7, 11) is 0. The molecule has 1 aromatic rings. The Balaban J connectivity index is 1.94. The summed E-state index contributed by atoms with van der Waals surface area (Å²) in [6.07, 6.45) is -0.396. The lowest BCUT2D eigenvalue weighted by Gasteiger charge is -2.33. The molecule has 0 radical (unpaired) electrons. The van der Waals surface area contributed by atoms with Gasteiger partial charge in [-0.15, -0.1) is 0 Å². The fraction of sp³-hybridized carbons (Fsp3) is 0.500. The molecular weight excluding hydrogens is 289 g/mol. The van der Waals surface area contributed by atoms with Crippen molar-refractivity contribution in [2.75, 3.05) is 19.7 Å². The maximum Gasteiger partial charge on any atom is 0.306 e. The number of benzene rings is 1. The zero-order valence-electron chi connectivity index (χ0n) is 12.5. The van der Waals surface area contributed by atoms with Gasteiger partial charge < -0.3 is 14.7 Å². The number of carbonyl (C=O) groups excluding carboxylic acids is 1. The van der Waals surface area contributed by atoms with E-state index < -0.39 is 12.1 Å². The second kappa shape index (κ2) is 7.35. The van der Waals surface area contributed by atoms with Crippen LogP contribution in [-0.2, 0) is 14.3 Å². The van der Waals surface area contributed by atoms with Crippen molar-refractivity contribution in [2.45, 2.75) is 31.8 Å². The van der Waals surface area contributed by atoms with Crippen molar-refractivity contribution in [1.29, 1.82) is 0 Å². The molecule has 0 aliphatic carbocycles. The number of carbonyl (C=O) groups is 2. The van der Waals surface area contributed by atoms with E-state index in [0.29, 0.717) is 18.7 Å². The van der Waals surface area contributed by atoms with Crippen LogP contribution in [0.2, 0.25) is 0 Å². The van der Waals surface area contributed by atoms with Gasteiger partial charge in [-0.05, 0) is 17.5 Å². The number of ether oxygens (including phenoxy) is 1. The molecule has 6 heteroatoms. The van der Waals surface area contributed by atoms with E-state index in [1.807, 2.05) is 6.92 Å². The Kier molecular flexibility index (Phi) is 5.49. The summed E-state index contributed by atoms with van der Waals surface area (Å²) in [4.78, 5) is 24.6. The molecule has 2 atom stereocenters. The maximum absolute atomic E-state index is 13.7. The molecule has 1 heterocycles. The summed E-state index contributed by atoms with van der Waals surface area (Å²) >= 11 is 0. The summed E-state index contributed by atoms with van der Waals surface area (Å²) in [6, 6.07) is 6.43.